The van der Waals surface area contributed by atoms with E-state index in [0.29, 0.717) is 13.0 Å². The second-order valence-corrected chi connectivity index (χ2v) is 4.58. The number of aliphatic hydroxyl groups is 1. The Bertz CT molecular complexity index is 374. The SMILES string of the molecule is O=C(N[C@H](CO)Cc1ccccc1)[C@@H]1CCCO1. The highest BCUT2D eigenvalue weighted by Gasteiger charge is 2.25. The molecule has 1 saturated heterocycles. The van der Waals surface area contributed by atoms with Crippen molar-refractivity contribution in [2.75, 3.05) is 13.2 Å². The lowest BCUT2D eigenvalue weighted by atomic mass is 10.1. The zero-order valence-electron chi connectivity index (χ0n) is 10.3. The van der Waals surface area contributed by atoms with E-state index in [1.54, 1.807) is 0 Å². The predicted molar refractivity (Wildman–Crippen MR) is 68.1 cm³/mol. The minimum absolute atomic E-state index is 0.0621. The van der Waals surface area contributed by atoms with Crippen LogP contribution in [-0.2, 0) is 16.0 Å². The number of carbonyl (C=O) groups excluding carboxylic acids is 1. The molecule has 0 bridgehead atoms. The highest BCUT2D eigenvalue weighted by atomic mass is 16.5. The van der Waals surface area contributed by atoms with Gasteiger partial charge < -0.3 is 15.2 Å². The molecule has 18 heavy (non-hydrogen) atoms. The third-order valence-electron chi connectivity index (χ3n) is 3.11. The number of ether oxygens (including phenoxy) is 1. The maximum absolute atomic E-state index is 11.9. The third kappa shape index (κ3) is 3.55. The van der Waals surface area contributed by atoms with Crippen LogP contribution in [0.15, 0.2) is 30.3 Å². The summed E-state index contributed by atoms with van der Waals surface area (Å²) in [4.78, 5) is 11.9. The summed E-state index contributed by atoms with van der Waals surface area (Å²) in [7, 11) is 0. The Morgan fingerprint density at radius 3 is 2.83 bits per heavy atom. The molecule has 1 amide bonds. The molecular formula is C14H19NO3. The fraction of sp³-hybridized carbons (Fsp3) is 0.500. The van der Waals surface area contributed by atoms with Crippen LogP contribution in [0.25, 0.3) is 0 Å². The average Bonchev–Trinajstić information content (AvgIpc) is 2.93. The van der Waals surface area contributed by atoms with E-state index in [1.165, 1.54) is 0 Å². The number of aliphatic hydroxyl groups excluding tert-OH is 1. The Balaban J connectivity index is 1.87. The fourth-order valence-electron chi connectivity index (χ4n) is 2.14. The third-order valence-corrected chi connectivity index (χ3v) is 3.11. The van der Waals surface area contributed by atoms with E-state index in [2.05, 4.69) is 5.32 Å². The Morgan fingerprint density at radius 1 is 1.44 bits per heavy atom. The zero-order chi connectivity index (χ0) is 12.8. The molecule has 0 unspecified atom stereocenters. The second kappa shape index (κ2) is 6.52. The van der Waals surface area contributed by atoms with Gasteiger partial charge in [-0.05, 0) is 24.8 Å². The molecule has 0 saturated carbocycles. The van der Waals surface area contributed by atoms with E-state index < -0.39 is 0 Å². The van der Waals surface area contributed by atoms with E-state index in [9.17, 15) is 9.90 Å². The summed E-state index contributed by atoms with van der Waals surface area (Å²) in [6.07, 6.45) is 2.00. The number of hydrogen-bond acceptors (Lipinski definition) is 3. The van der Waals surface area contributed by atoms with Crippen LogP contribution < -0.4 is 5.32 Å². The van der Waals surface area contributed by atoms with Crippen molar-refractivity contribution >= 4 is 5.91 Å². The summed E-state index contributed by atoms with van der Waals surface area (Å²) >= 11 is 0. The van der Waals surface area contributed by atoms with Gasteiger partial charge in [-0.25, -0.2) is 0 Å². The monoisotopic (exact) mass is 249 g/mol. The number of rotatable bonds is 5. The number of hydrogen-bond donors (Lipinski definition) is 2. The number of nitrogens with one attached hydrogen (secondary N) is 1. The summed E-state index contributed by atoms with van der Waals surface area (Å²) in [6.45, 7) is 0.591. The maximum atomic E-state index is 11.9. The van der Waals surface area contributed by atoms with E-state index in [-0.39, 0.29) is 24.7 Å². The van der Waals surface area contributed by atoms with Gasteiger partial charge in [0.05, 0.1) is 12.6 Å². The van der Waals surface area contributed by atoms with Crippen molar-refractivity contribution in [2.24, 2.45) is 0 Å². The molecule has 1 aromatic carbocycles. The van der Waals surface area contributed by atoms with Crippen molar-refractivity contribution in [3.05, 3.63) is 35.9 Å². The van der Waals surface area contributed by atoms with Crippen LogP contribution in [0.1, 0.15) is 18.4 Å². The first-order chi connectivity index (χ1) is 8.79. The summed E-state index contributed by atoms with van der Waals surface area (Å²) in [5.41, 5.74) is 1.10. The molecule has 2 rings (SSSR count). The first kappa shape index (κ1) is 13.1. The highest BCUT2D eigenvalue weighted by molar-refractivity contribution is 5.81. The molecule has 4 heteroatoms. The van der Waals surface area contributed by atoms with Crippen molar-refractivity contribution in [3.63, 3.8) is 0 Å². The number of carbonyl (C=O) groups is 1. The van der Waals surface area contributed by atoms with Gasteiger partial charge in [0.1, 0.15) is 6.10 Å². The van der Waals surface area contributed by atoms with Crippen molar-refractivity contribution < 1.29 is 14.6 Å². The van der Waals surface area contributed by atoms with E-state index in [0.717, 1.165) is 18.4 Å². The van der Waals surface area contributed by atoms with Crippen LogP contribution in [0, 0.1) is 0 Å². The fourth-order valence-corrected chi connectivity index (χ4v) is 2.14. The summed E-state index contributed by atoms with van der Waals surface area (Å²) in [6, 6.07) is 9.57. The highest BCUT2D eigenvalue weighted by Crippen LogP contribution is 2.12. The molecule has 2 atom stereocenters. The standard InChI is InChI=1S/C14H19NO3/c16-10-12(9-11-5-2-1-3-6-11)15-14(17)13-7-4-8-18-13/h1-3,5-6,12-13,16H,4,7-10H2,(H,15,17)/t12-,13-/m0/s1. The van der Waals surface area contributed by atoms with Crippen molar-refractivity contribution in [3.8, 4) is 0 Å². The normalized spacial score (nSPS) is 20.6. The predicted octanol–water partition coefficient (Wildman–Crippen LogP) is 0.885. The molecule has 0 spiro atoms. The lowest BCUT2D eigenvalue weighted by molar-refractivity contribution is -0.131. The second-order valence-electron chi connectivity index (χ2n) is 4.58. The van der Waals surface area contributed by atoms with Gasteiger partial charge in [0.2, 0.25) is 5.91 Å². The first-order valence-electron chi connectivity index (χ1n) is 6.36. The number of amides is 1. The molecular weight excluding hydrogens is 230 g/mol. The van der Waals surface area contributed by atoms with Gasteiger partial charge >= 0.3 is 0 Å². The van der Waals surface area contributed by atoms with Gasteiger partial charge in [0.15, 0.2) is 0 Å². The zero-order valence-corrected chi connectivity index (χ0v) is 10.3. The van der Waals surface area contributed by atoms with E-state index in [4.69, 9.17) is 4.74 Å². The van der Waals surface area contributed by atoms with Crippen molar-refractivity contribution in [2.45, 2.75) is 31.4 Å². The molecule has 1 aromatic rings. The minimum Gasteiger partial charge on any atom is -0.394 e. The van der Waals surface area contributed by atoms with Crippen LogP contribution in [0.5, 0.6) is 0 Å². The lowest BCUT2D eigenvalue weighted by Gasteiger charge is -2.18. The van der Waals surface area contributed by atoms with Crippen molar-refractivity contribution in [1.82, 2.24) is 5.32 Å². The van der Waals surface area contributed by atoms with Crippen molar-refractivity contribution in [1.29, 1.82) is 0 Å². The van der Waals surface area contributed by atoms with Gasteiger partial charge in [0, 0.05) is 6.61 Å². The minimum atomic E-state index is -0.338. The van der Waals surface area contributed by atoms with Gasteiger partial charge in [-0.3, -0.25) is 4.79 Å². The van der Waals surface area contributed by atoms with Gasteiger partial charge in [-0.1, -0.05) is 30.3 Å². The molecule has 1 fully saturated rings. The lowest BCUT2D eigenvalue weighted by Crippen LogP contribution is -2.44. The van der Waals surface area contributed by atoms with E-state index in [1.807, 2.05) is 30.3 Å². The van der Waals surface area contributed by atoms with Gasteiger partial charge in [0.25, 0.3) is 0 Å². The summed E-state index contributed by atoms with van der Waals surface area (Å²) < 4.78 is 5.32. The Kier molecular flexibility index (Phi) is 4.73. The van der Waals surface area contributed by atoms with E-state index >= 15 is 0 Å². The average molecular weight is 249 g/mol. The molecule has 0 radical (unpaired) electrons. The Hall–Kier alpha value is -1.39. The molecule has 0 aliphatic carbocycles. The van der Waals surface area contributed by atoms with Crippen LogP contribution >= 0.6 is 0 Å². The smallest absolute Gasteiger partial charge is 0.249 e. The summed E-state index contributed by atoms with van der Waals surface area (Å²) in [5, 5.41) is 12.2. The maximum Gasteiger partial charge on any atom is 0.249 e. The van der Waals surface area contributed by atoms with Crippen LogP contribution in [0.3, 0.4) is 0 Å². The molecule has 0 aromatic heterocycles. The molecule has 1 aliphatic rings. The molecule has 1 aliphatic heterocycles. The Labute approximate surface area is 107 Å². The van der Waals surface area contributed by atoms with Crippen LogP contribution in [-0.4, -0.2) is 36.4 Å². The molecule has 4 nitrogen and oxygen atoms in total. The van der Waals surface area contributed by atoms with Gasteiger partial charge in [-0.2, -0.15) is 0 Å². The summed E-state index contributed by atoms with van der Waals surface area (Å²) in [5.74, 6) is -0.109. The van der Waals surface area contributed by atoms with Gasteiger partial charge in [-0.15, -0.1) is 0 Å². The molecule has 98 valence electrons. The largest absolute Gasteiger partial charge is 0.394 e. The van der Waals surface area contributed by atoms with Crippen LogP contribution in [0.4, 0.5) is 0 Å². The quantitative estimate of drug-likeness (QED) is 0.814. The van der Waals surface area contributed by atoms with Crippen LogP contribution in [0.2, 0.25) is 0 Å². The topological polar surface area (TPSA) is 58.6 Å². The first-order valence-corrected chi connectivity index (χ1v) is 6.36. The number of benzene rings is 1. The Morgan fingerprint density at radius 2 is 2.22 bits per heavy atom. The molecule has 1 heterocycles. The molecule has 2 N–H and O–H groups in total.